The summed E-state index contributed by atoms with van der Waals surface area (Å²) in [5.41, 5.74) is 1.76. The molecular weight excluding hydrogens is 356 g/mol. The number of aromatic nitrogens is 1. The topological polar surface area (TPSA) is 98.4 Å². The van der Waals surface area contributed by atoms with Crippen molar-refractivity contribution in [3.63, 3.8) is 0 Å². The van der Waals surface area contributed by atoms with Crippen molar-refractivity contribution in [2.75, 3.05) is 4.72 Å². The first-order chi connectivity index (χ1) is 12.2. The van der Waals surface area contributed by atoms with Gasteiger partial charge in [0, 0.05) is 12.2 Å². The number of rotatable bonds is 4. The highest BCUT2D eigenvalue weighted by molar-refractivity contribution is 7.92. The van der Waals surface area contributed by atoms with Crippen LogP contribution in [-0.2, 0) is 16.6 Å². The Morgan fingerprint density at radius 3 is 2.31 bits per heavy atom. The lowest BCUT2D eigenvalue weighted by atomic mass is 10.1. The minimum absolute atomic E-state index is 0.0368. The van der Waals surface area contributed by atoms with Gasteiger partial charge in [-0.15, -0.1) is 0 Å². The zero-order valence-electron chi connectivity index (χ0n) is 14.6. The molecule has 1 aromatic heterocycles. The second kappa shape index (κ2) is 6.45. The van der Waals surface area contributed by atoms with E-state index >= 15 is 0 Å². The molecule has 8 heteroatoms. The fourth-order valence-corrected chi connectivity index (χ4v) is 3.98. The largest absolute Gasteiger partial charge is 0.422 e. The SMILES string of the molecule is CCn1c(=O)oc(=O)c2cc(S(=O)(=O)Nc3cc(C)cc(C)c3)ccc21. The van der Waals surface area contributed by atoms with Gasteiger partial charge < -0.3 is 4.42 Å². The molecule has 1 heterocycles. The van der Waals surface area contributed by atoms with Crippen LogP contribution in [0.25, 0.3) is 10.9 Å². The quantitative estimate of drug-likeness (QED) is 0.756. The van der Waals surface area contributed by atoms with Gasteiger partial charge >= 0.3 is 11.4 Å². The summed E-state index contributed by atoms with van der Waals surface area (Å²) in [7, 11) is -3.90. The third-order valence-corrected chi connectivity index (χ3v) is 5.36. The van der Waals surface area contributed by atoms with E-state index in [4.69, 9.17) is 0 Å². The molecule has 0 atom stereocenters. The van der Waals surface area contributed by atoms with Gasteiger partial charge in [0.05, 0.1) is 15.8 Å². The maximum Gasteiger partial charge on any atom is 0.422 e. The molecule has 1 N–H and O–H groups in total. The molecule has 0 radical (unpaired) electrons. The van der Waals surface area contributed by atoms with E-state index in [1.54, 1.807) is 19.1 Å². The molecule has 3 aromatic rings. The molecule has 3 rings (SSSR count). The Balaban J connectivity index is 2.12. The van der Waals surface area contributed by atoms with Crippen LogP contribution in [0.5, 0.6) is 0 Å². The third-order valence-electron chi connectivity index (χ3n) is 3.98. The van der Waals surface area contributed by atoms with Gasteiger partial charge in [0.25, 0.3) is 10.0 Å². The Hall–Kier alpha value is -2.87. The van der Waals surface area contributed by atoms with Gasteiger partial charge in [-0.2, -0.15) is 0 Å². The van der Waals surface area contributed by atoms with Gasteiger partial charge in [-0.1, -0.05) is 6.07 Å². The monoisotopic (exact) mass is 374 g/mol. The Morgan fingerprint density at radius 2 is 1.69 bits per heavy atom. The molecule has 2 aromatic carbocycles. The Bertz CT molecular complexity index is 1200. The summed E-state index contributed by atoms with van der Waals surface area (Å²) in [5, 5.41) is 0.0368. The highest BCUT2D eigenvalue weighted by Gasteiger charge is 2.18. The number of anilines is 1. The average molecular weight is 374 g/mol. The molecule has 136 valence electrons. The predicted molar refractivity (Wildman–Crippen MR) is 99.1 cm³/mol. The first kappa shape index (κ1) is 17.9. The van der Waals surface area contributed by atoms with Crippen molar-refractivity contribution in [3.8, 4) is 0 Å². The van der Waals surface area contributed by atoms with Crippen LogP contribution in [0.1, 0.15) is 18.1 Å². The second-order valence-electron chi connectivity index (χ2n) is 6.06. The van der Waals surface area contributed by atoms with Crippen molar-refractivity contribution >= 4 is 26.6 Å². The van der Waals surface area contributed by atoms with Gasteiger partial charge in [0.1, 0.15) is 0 Å². The Kier molecular flexibility index (Phi) is 4.45. The number of hydrogen-bond acceptors (Lipinski definition) is 5. The van der Waals surface area contributed by atoms with Gasteiger partial charge in [0.15, 0.2) is 0 Å². The normalized spacial score (nSPS) is 11.7. The summed E-state index contributed by atoms with van der Waals surface area (Å²) in [6, 6.07) is 9.38. The van der Waals surface area contributed by atoms with Crippen LogP contribution in [0.3, 0.4) is 0 Å². The highest BCUT2D eigenvalue weighted by Crippen LogP contribution is 2.21. The summed E-state index contributed by atoms with van der Waals surface area (Å²) >= 11 is 0. The maximum absolute atomic E-state index is 12.7. The van der Waals surface area contributed by atoms with Crippen LogP contribution in [0.2, 0.25) is 0 Å². The fourth-order valence-electron chi connectivity index (χ4n) is 2.92. The van der Waals surface area contributed by atoms with Crippen molar-refractivity contribution in [2.45, 2.75) is 32.2 Å². The van der Waals surface area contributed by atoms with E-state index in [0.717, 1.165) is 11.1 Å². The molecule has 0 aliphatic rings. The van der Waals surface area contributed by atoms with E-state index < -0.39 is 21.4 Å². The van der Waals surface area contributed by atoms with Crippen molar-refractivity contribution in [1.29, 1.82) is 0 Å². The average Bonchev–Trinajstić information content (AvgIpc) is 2.53. The molecule has 0 aliphatic carbocycles. The number of aryl methyl sites for hydroxylation is 3. The van der Waals surface area contributed by atoms with Gasteiger partial charge in [0.2, 0.25) is 0 Å². The molecule has 0 aliphatic heterocycles. The van der Waals surface area contributed by atoms with Crippen LogP contribution < -0.4 is 16.1 Å². The van der Waals surface area contributed by atoms with Crippen LogP contribution in [-0.4, -0.2) is 13.0 Å². The fraction of sp³-hybridized carbons (Fsp3) is 0.222. The zero-order valence-corrected chi connectivity index (χ0v) is 15.4. The van der Waals surface area contributed by atoms with E-state index in [2.05, 4.69) is 9.14 Å². The van der Waals surface area contributed by atoms with Gasteiger partial charge in [-0.3, -0.25) is 9.29 Å². The van der Waals surface area contributed by atoms with Crippen LogP contribution in [0.4, 0.5) is 5.69 Å². The van der Waals surface area contributed by atoms with E-state index in [9.17, 15) is 18.0 Å². The number of sulfonamides is 1. The predicted octanol–water partition coefficient (Wildman–Crippen LogP) is 2.39. The maximum atomic E-state index is 12.7. The minimum atomic E-state index is -3.90. The number of benzene rings is 2. The van der Waals surface area contributed by atoms with Gasteiger partial charge in [-0.05, 0) is 62.2 Å². The van der Waals surface area contributed by atoms with Crippen LogP contribution in [0.15, 0.2) is 55.3 Å². The number of fused-ring (bicyclic) bond motifs is 1. The standard InChI is InChI=1S/C18H18N2O5S/c1-4-20-16-6-5-14(10-15(16)17(21)25-18(20)22)26(23,24)19-13-8-11(2)7-12(3)9-13/h5-10,19H,4H2,1-3H3. The zero-order chi connectivity index (χ0) is 19.1. The number of nitrogens with zero attached hydrogens (tertiary/aromatic N) is 1. The number of hydrogen-bond donors (Lipinski definition) is 1. The Morgan fingerprint density at radius 1 is 1.04 bits per heavy atom. The van der Waals surface area contributed by atoms with Gasteiger partial charge in [-0.25, -0.2) is 18.0 Å². The molecule has 0 saturated heterocycles. The highest BCUT2D eigenvalue weighted by atomic mass is 32.2. The van der Waals surface area contributed by atoms with Crippen LogP contribution in [0, 0.1) is 13.8 Å². The van der Waals surface area contributed by atoms with Crippen molar-refractivity contribution in [2.24, 2.45) is 0 Å². The lowest BCUT2D eigenvalue weighted by molar-refractivity contribution is 0.421. The summed E-state index contributed by atoms with van der Waals surface area (Å²) in [6.45, 7) is 5.77. The Labute approximate surface area is 149 Å². The minimum Gasteiger partial charge on any atom is -0.372 e. The van der Waals surface area contributed by atoms with Crippen molar-refractivity contribution < 1.29 is 12.8 Å². The summed E-state index contributed by atoms with van der Waals surface area (Å²) < 4.78 is 33.8. The summed E-state index contributed by atoms with van der Waals surface area (Å²) in [5.74, 6) is -0.769. The molecule has 7 nitrogen and oxygen atoms in total. The van der Waals surface area contributed by atoms with E-state index in [0.29, 0.717) is 17.7 Å². The molecule has 0 spiro atoms. The van der Waals surface area contributed by atoms with E-state index in [1.165, 1.54) is 22.8 Å². The molecular formula is C18H18N2O5S. The van der Waals surface area contributed by atoms with Crippen LogP contribution >= 0.6 is 0 Å². The molecule has 0 unspecified atom stereocenters. The molecule has 26 heavy (non-hydrogen) atoms. The lowest BCUT2D eigenvalue weighted by Crippen LogP contribution is -2.24. The molecule has 0 fully saturated rings. The first-order valence-electron chi connectivity index (χ1n) is 8.00. The van der Waals surface area contributed by atoms with E-state index in [-0.39, 0.29) is 10.3 Å². The molecule has 0 amide bonds. The summed E-state index contributed by atoms with van der Waals surface area (Å²) in [6.07, 6.45) is 0. The summed E-state index contributed by atoms with van der Waals surface area (Å²) in [4.78, 5) is 23.7. The second-order valence-corrected chi connectivity index (χ2v) is 7.74. The molecule has 0 bridgehead atoms. The smallest absolute Gasteiger partial charge is 0.372 e. The lowest BCUT2D eigenvalue weighted by Gasteiger charge is -2.11. The van der Waals surface area contributed by atoms with E-state index in [1.807, 2.05) is 19.9 Å². The first-order valence-corrected chi connectivity index (χ1v) is 9.48. The molecule has 0 saturated carbocycles. The van der Waals surface area contributed by atoms with Crippen molar-refractivity contribution in [1.82, 2.24) is 4.57 Å². The van der Waals surface area contributed by atoms with Crippen molar-refractivity contribution in [3.05, 3.63) is 68.5 Å². The third kappa shape index (κ3) is 3.28. The number of nitrogens with one attached hydrogen (secondary N) is 1.